The minimum Gasteiger partial charge on any atom is -0.126 e. The van der Waals surface area contributed by atoms with Crippen LogP contribution in [0.25, 0.3) is 0 Å². The van der Waals surface area contributed by atoms with E-state index in [1.54, 1.807) is 6.08 Å². The Bertz CT molecular complexity index is 96.7. The van der Waals surface area contributed by atoms with Crippen molar-refractivity contribution in [2.75, 3.05) is 5.88 Å². The van der Waals surface area contributed by atoms with Crippen LogP contribution in [-0.4, -0.2) is 5.88 Å². The lowest BCUT2D eigenvalue weighted by Gasteiger charge is -1.84. The van der Waals surface area contributed by atoms with Crippen LogP contribution in [-0.2, 0) is 0 Å². The van der Waals surface area contributed by atoms with E-state index in [1.165, 1.54) is 0 Å². The molecule has 0 aromatic heterocycles. The minimum absolute atomic E-state index is 0.670. The lowest BCUT2D eigenvalue weighted by atomic mass is 10.4. The van der Waals surface area contributed by atoms with Crippen molar-refractivity contribution in [2.24, 2.45) is 0 Å². The summed E-state index contributed by atoms with van der Waals surface area (Å²) in [5.74, 6) is 0.670. The number of hydrogen-bond donors (Lipinski definition) is 0. The molecule has 0 unspecified atom stereocenters. The summed E-state index contributed by atoms with van der Waals surface area (Å²) in [5.41, 5.74) is 0. The van der Waals surface area contributed by atoms with E-state index in [2.05, 4.69) is 22.5 Å². The highest BCUT2D eigenvalue weighted by molar-refractivity contribution is 9.11. The average molecular weight is 195 g/mol. The molecule has 0 heterocycles. The highest BCUT2D eigenvalue weighted by Crippen LogP contribution is 2.06. The average Bonchev–Trinajstić information content (AvgIpc) is 1.83. The molecule has 0 spiro atoms. The topological polar surface area (TPSA) is 0 Å². The first-order valence-electron chi connectivity index (χ1n) is 2.35. The summed E-state index contributed by atoms with van der Waals surface area (Å²) in [6, 6.07) is 0. The summed E-state index contributed by atoms with van der Waals surface area (Å²) >= 11 is 8.67. The van der Waals surface area contributed by atoms with Crippen molar-refractivity contribution in [2.45, 2.75) is 6.42 Å². The third kappa shape index (κ3) is 4.41. The Kier molecular flexibility index (Phi) is 5.56. The highest BCUT2D eigenvalue weighted by atomic mass is 79.9. The molecule has 0 aromatic rings. The van der Waals surface area contributed by atoms with Crippen molar-refractivity contribution < 1.29 is 0 Å². The van der Waals surface area contributed by atoms with Gasteiger partial charge >= 0.3 is 0 Å². The summed E-state index contributed by atoms with van der Waals surface area (Å²) in [7, 11) is 0. The second-order valence-corrected chi connectivity index (χ2v) is 2.56. The van der Waals surface area contributed by atoms with E-state index in [4.69, 9.17) is 11.6 Å². The Morgan fingerprint density at radius 2 is 2.38 bits per heavy atom. The van der Waals surface area contributed by atoms with E-state index < -0.39 is 0 Å². The van der Waals surface area contributed by atoms with Crippen LogP contribution in [0.4, 0.5) is 0 Å². The van der Waals surface area contributed by atoms with Crippen LogP contribution in [0.5, 0.6) is 0 Å². The van der Waals surface area contributed by atoms with Crippen molar-refractivity contribution in [3.63, 3.8) is 0 Å². The molecule has 0 saturated carbocycles. The number of allylic oxidation sites excluding steroid dienone is 3. The van der Waals surface area contributed by atoms with Crippen LogP contribution in [0.3, 0.4) is 0 Å². The predicted molar refractivity (Wildman–Crippen MR) is 42.5 cm³/mol. The zero-order valence-corrected chi connectivity index (χ0v) is 6.87. The molecule has 0 atom stereocenters. The number of rotatable bonds is 3. The van der Waals surface area contributed by atoms with Crippen molar-refractivity contribution in [3.05, 3.63) is 23.2 Å². The number of halogens is 2. The Morgan fingerprint density at radius 3 is 2.75 bits per heavy atom. The van der Waals surface area contributed by atoms with Gasteiger partial charge in [0.05, 0.1) is 0 Å². The molecular weight excluding hydrogens is 187 g/mol. The van der Waals surface area contributed by atoms with Crippen molar-refractivity contribution in [3.8, 4) is 0 Å². The first-order valence-corrected chi connectivity index (χ1v) is 3.68. The highest BCUT2D eigenvalue weighted by Gasteiger charge is 1.79. The quantitative estimate of drug-likeness (QED) is 0.480. The third-order valence-electron chi connectivity index (χ3n) is 0.643. The number of hydrogen-bond acceptors (Lipinski definition) is 0. The molecule has 0 radical (unpaired) electrons. The molecule has 8 heavy (non-hydrogen) atoms. The van der Waals surface area contributed by atoms with Crippen LogP contribution in [0.2, 0.25) is 0 Å². The van der Waals surface area contributed by atoms with Gasteiger partial charge in [-0.05, 0) is 6.42 Å². The Balaban J connectivity index is 3.40. The lowest BCUT2D eigenvalue weighted by molar-refractivity contribution is 1.23. The monoisotopic (exact) mass is 194 g/mol. The smallest absolute Gasteiger partial charge is 0.0258 e. The molecule has 0 nitrogen and oxygen atoms in total. The zero-order chi connectivity index (χ0) is 6.41. The second kappa shape index (κ2) is 5.39. The maximum absolute atomic E-state index is 5.40. The van der Waals surface area contributed by atoms with Gasteiger partial charge in [0.15, 0.2) is 0 Å². The number of alkyl halides is 1. The van der Waals surface area contributed by atoms with E-state index in [1.807, 2.05) is 6.08 Å². The van der Waals surface area contributed by atoms with Gasteiger partial charge in [-0.15, -0.1) is 11.6 Å². The van der Waals surface area contributed by atoms with Crippen LogP contribution >= 0.6 is 27.5 Å². The van der Waals surface area contributed by atoms with Gasteiger partial charge in [-0.1, -0.05) is 34.7 Å². The fraction of sp³-hybridized carbons (Fsp3) is 0.333. The molecule has 0 aliphatic heterocycles. The molecule has 46 valence electrons. The molecular formula is C6H8BrCl. The van der Waals surface area contributed by atoms with Gasteiger partial charge in [-0.25, -0.2) is 0 Å². The summed E-state index contributed by atoms with van der Waals surface area (Å²) < 4.78 is 1.01. The van der Waals surface area contributed by atoms with Crippen molar-refractivity contribution >= 4 is 27.5 Å². The van der Waals surface area contributed by atoms with E-state index in [9.17, 15) is 0 Å². The predicted octanol–water partition coefficient (Wildman–Crippen LogP) is 3.08. The minimum atomic E-state index is 0.670. The van der Waals surface area contributed by atoms with Crippen LogP contribution < -0.4 is 0 Å². The summed E-state index contributed by atoms with van der Waals surface area (Å²) in [5, 5.41) is 0. The van der Waals surface area contributed by atoms with E-state index in [0.717, 1.165) is 10.9 Å². The van der Waals surface area contributed by atoms with Gasteiger partial charge in [0.1, 0.15) is 0 Å². The van der Waals surface area contributed by atoms with E-state index in [-0.39, 0.29) is 0 Å². The molecule has 0 amide bonds. The van der Waals surface area contributed by atoms with Gasteiger partial charge in [-0.2, -0.15) is 0 Å². The Labute approximate surface area is 63.4 Å². The first-order chi connectivity index (χ1) is 3.81. The van der Waals surface area contributed by atoms with Crippen LogP contribution in [0, 0.1) is 0 Å². The molecule has 0 fully saturated rings. The standard InChI is InChI=1S/C6H8BrCl/c1-2-6(7)4-3-5-8/h2,4H,1,3,5H2. The van der Waals surface area contributed by atoms with Gasteiger partial charge in [0.25, 0.3) is 0 Å². The van der Waals surface area contributed by atoms with Crippen molar-refractivity contribution in [1.29, 1.82) is 0 Å². The lowest BCUT2D eigenvalue weighted by Crippen LogP contribution is -1.67. The van der Waals surface area contributed by atoms with E-state index in [0.29, 0.717) is 5.88 Å². The molecule has 0 saturated heterocycles. The molecule has 0 aliphatic rings. The van der Waals surface area contributed by atoms with Gasteiger partial charge in [-0.3, -0.25) is 0 Å². The molecule has 0 aliphatic carbocycles. The van der Waals surface area contributed by atoms with Gasteiger partial charge < -0.3 is 0 Å². The summed E-state index contributed by atoms with van der Waals surface area (Å²) in [6.07, 6.45) is 4.63. The van der Waals surface area contributed by atoms with Gasteiger partial charge in [0.2, 0.25) is 0 Å². The second-order valence-electron chi connectivity index (χ2n) is 1.27. The van der Waals surface area contributed by atoms with Gasteiger partial charge in [0, 0.05) is 10.4 Å². The summed E-state index contributed by atoms with van der Waals surface area (Å²) in [6.45, 7) is 3.56. The zero-order valence-electron chi connectivity index (χ0n) is 4.53. The SMILES string of the molecule is C=CC(Br)=CCCCl. The molecule has 2 heteroatoms. The maximum Gasteiger partial charge on any atom is 0.0258 e. The maximum atomic E-state index is 5.40. The molecule has 0 rings (SSSR count). The third-order valence-corrected chi connectivity index (χ3v) is 1.51. The fourth-order valence-corrected chi connectivity index (χ4v) is 0.614. The van der Waals surface area contributed by atoms with Crippen LogP contribution in [0.1, 0.15) is 6.42 Å². The molecule has 0 bridgehead atoms. The summed E-state index contributed by atoms with van der Waals surface area (Å²) in [4.78, 5) is 0. The normalized spacial score (nSPS) is 11.5. The first kappa shape index (κ1) is 8.25. The molecule has 0 N–H and O–H groups in total. The van der Waals surface area contributed by atoms with Crippen molar-refractivity contribution in [1.82, 2.24) is 0 Å². The van der Waals surface area contributed by atoms with E-state index >= 15 is 0 Å². The Hall–Kier alpha value is 0.250. The molecule has 0 aromatic carbocycles. The largest absolute Gasteiger partial charge is 0.126 e. The van der Waals surface area contributed by atoms with Crippen LogP contribution in [0.15, 0.2) is 23.2 Å². The fourth-order valence-electron chi connectivity index (χ4n) is 0.276. The Morgan fingerprint density at radius 1 is 1.75 bits per heavy atom.